The minimum atomic E-state index is -5.25. The first kappa shape index (κ1) is 16.7. The summed E-state index contributed by atoms with van der Waals surface area (Å²) in [5, 5.41) is 0.516. The molecule has 0 atom stereocenters. The lowest BCUT2D eigenvalue weighted by Gasteiger charge is -2.07. The number of esters is 2. The number of hydrogen-bond donors (Lipinski definition) is 0. The van der Waals surface area contributed by atoms with Crippen LogP contribution in [0.25, 0.3) is 10.9 Å². The summed E-state index contributed by atoms with van der Waals surface area (Å²) in [7, 11) is 0. The van der Waals surface area contributed by atoms with Gasteiger partial charge >= 0.3 is 18.1 Å². The van der Waals surface area contributed by atoms with Crippen LogP contribution in [0.4, 0.5) is 13.2 Å². The molecule has 0 saturated carbocycles. The summed E-state index contributed by atoms with van der Waals surface area (Å²) in [4.78, 5) is 37.9. The van der Waals surface area contributed by atoms with Gasteiger partial charge in [0.05, 0.1) is 11.7 Å². The maximum Gasteiger partial charge on any atom is 0.491 e. The zero-order chi connectivity index (χ0) is 17.2. The summed E-state index contributed by atoms with van der Waals surface area (Å²) in [5.41, 5.74) is 0.695. The van der Waals surface area contributed by atoms with Crippen molar-refractivity contribution in [1.82, 2.24) is 9.55 Å². The van der Waals surface area contributed by atoms with Crippen LogP contribution >= 0.6 is 0 Å². The molecule has 0 aliphatic carbocycles. The lowest BCUT2D eigenvalue weighted by molar-refractivity contribution is -0.202. The van der Waals surface area contributed by atoms with E-state index in [1.165, 1.54) is 23.2 Å². The lowest BCUT2D eigenvalue weighted by atomic mass is 10.1. The summed E-state index contributed by atoms with van der Waals surface area (Å²) in [6, 6.07) is 1.56. The smallest absolute Gasteiger partial charge is 0.385 e. The predicted molar refractivity (Wildman–Crippen MR) is 71.5 cm³/mol. The maximum absolute atomic E-state index is 12.1. The molecule has 0 unspecified atom stereocenters. The van der Waals surface area contributed by atoms with E-state index in [2.05, 4.69) is 9.72 Å². The molecule has 0 saturated heterocycles. The second kappa shape index (κ2) is 6.19. The van der Waals surface area contributed by atoms with Gasteiger partial charge in [-0.1, -0.05) is 6.92 Å². The number of ether oxygens (including phenoxy) is 1. The van der Waals surface area contributed by atoms with Crippen LogP contribution in [-0.4, -0.2) is 33.4 Å². The van der Waals surface area contributed by atoms with E-state index < -0.39 is 24.7 Å². The number of hydrogen-bond acceptors (Lipinski definition) is 5. The van der Waals surface area contributed by atoms with Gasteiger partial charge in [-0.3, -0.25) is 9.78 Å². The molecule has 0 fully saturated rings. The molecule has 122 valence electrons. The fraction of sp³-hybridized carbons (Fsp3) is 0.286. The van der Waals surface area contributed by atoms with E-state index in [0.717, 1.165) is 0 Å². The molecule has 0 aliphatic heterocycles. The minimum absolute atomic E-state index is 0.195. The Labute approximate surface area is 127 Å². The number of halogens is 3. The minimum Gasteiger partial charge on any atom is -0.385 e. The third-order valence-corrected chi connectivity index (χ3v) is 3.04. The van der Waals surface area contributed by atoms with Crippen molar-refractivity contribution in [3.05, 3.63) is 30.2 Å². The maximum atomic E-state index is 12.1. The molecule has 2 rings (SSSR count). The van der Waals surface area contributed by atoms with E-state index in [1.54, 1.807) is 13.0 Å². The van der Waals surface area contributed by atoms with Crippen molar-refractivity contribution in [3.63, 3.8) is 0 Å². The van der Waals surface area contributed by atoms with Gasteiger partial charge in [-0.15, -0.1) is 0 Å². The van der Waals surface area contributed by atoms with Gasteiger partial charge in [0.1, 0.15) is 6.54 Å². The number of fused-ring (bicyclic) bond motifs is 1. The number of rotatable bonds is 4. The van der Waals surface area contributed by atoms with Crippen molar-refractivity contribution in [2.45, 2.75) is 26.1 Å². The van der Waals surface area contributed by atoms with E-state index in [4.69, 9.17) is 0 Å². The van der Waals surface area contributed by atoms with Crippen LogP contribution in [-0.2, 0) is 20.9 Å². The van der Waals surface area contributed by atoms with Gasteiger partial charge in [-0.2, -0.15) is 13.2 Å². The van der Waals surface area contributed by atoms with Crippen molar-refractivity contribution in [1.29, 1.82) is 0 Å². The summed E-state index contributed by atoms with van der Waals surface area (Å²) in [6.45, 7) is 1.00. The van der Waals surface area contributed by atoms with Crippen LogP contribution in [0.5, 0.6) is 0 Å². The first-order chi connectivity index (χ1) is 10.7. The standard InChI is InChI=1S/C14H11F3N2O4/c1-2-11(20)9-6-19(10-5-18-4-3-8(9)10)7-12(21)23-13(22)14(15,16)17/h3-6H,2,7H2,1H3. The molecule has 0 N–H and O–H groups in total. The highest BCUT2D eigenvalue weighted by atomic mass is 19.4. The van der Waals surface area contributed by atoms with Gasteiger partial charge in [-0.25, -0.2) is 9.59 Å². The second-order valence-corrected chi connectivity index (χ2v) is 4.60. The zero-order valence-corrected chi connectivity index (χ0v) is 11.9. The van der Waals surface area contributed by atoms with Crippen LogP contribution in [0, 0.1) is 0 Å². The summed E-state index contributed by atoms with van der Waals surface area (Å²) in [5.74, 6) is -4.16. The average molecular weight is 328 g/mol. The van der Waals surface area contributed by atoms with Crippen molar-refractivity contribution in [2.75, 3.05) is 0 Å². The number of alkyl halides is 3. The Bertz CT molecular complexity index is 780. The normalized spacial score (nSPS) is 11.5. The number of nitrogens with zero attached hydrogens (tertiary/aromatic N) is 2. The molecule has 2 aromatic rings. The number of ketones is 1. The molecule has 0 spiro atoms. The molecule has 0 radical (unpaired) electrons. The quantitative estimate of drug-likeness (QED) is 0.489. The lowest BCUT2D eigenvalue weighted by Crippen LogP contribution is -2.29. The number of carbonyl (C=O) groups excluding carboxylic acids is 3. The van der Waals surface area contributed by atoms with Gasteiger partial charge in [0.15, 0.2) is 5.78 Å². The highest BCUT2D eigenvalue weighted by molar-refractivity contribution is 6.08. The second-order valence-electron chi connectivity index (χ2n) is 4.60. The number of carbonyl (C=O) groups is 3. The topological polar surface area (TPSA) is 78.3 Å². The molecule has 6 nitrogen and oxygen atoms in total. The fourth-order valence-corrected chi connectivity index (χ4v) is 2.01. The Morgan fingerprint density at radius 3 is 2.61 bits per heavy atom. The van der Waals surface area contributed by atoms with Crippen molar-refractivity contribution in [3.8, 4) is 0 Å². The first-order valence-electron chi connectivity index (χ1n) is 6.52. The van der Waals surface area contributed by atoms with Crippen LogP contribution in [0.2, 0.25) is 0 Å². The van der Waals surface area contributed by atoms with Gasteiger partial charge in [0, 0.05) is 29.8 Å². The van der Waals surface area contributed by atoms with E-state index >= 15 is 0 Å². The molecule has 2 aromatic heterocycles. The van der Waals surface area contributed by atoms with Crippen molar-refractivity contribution in [2.24, 2.45) is 0 Å². The highest BCUT2D eigenvalue weighted by Crippen LogP contribution is 2.22. The van der Waals surface area contributed by atoms with Crippen molar-refractivity contribution < 1.29 is 32.3 Å². The molecule has 0 aliphatic rings. The van der Waals surface area contributed by atoms with E-state index in [0.29, 0.717) is 16.5 Å². The fourth-order valence-electron chi connectivity index (χ4n) is 2.01. The third kappa shape index (κ3) is 3.55. The van der Waals surface area contributed by atoms with Crippen LogP contribution in [0.15, 0.2) is 24.7 Å². The third-order valence-electron chi connectivity index (χ3n) is 3.04. The van der Waals surface area contributed by atoms with Gasteiger partial charge < -0.3 is 9.30 Å². The molecule has 23 heavy (non-hydrogen) atoms. The van der Waals surface area contributed by atoms with Crippen molar-refractivity contribution >= 4 is 28.6 Å². The predicted octanol–water partition coefficient (Wildman–Crippen LogP) is 2.26. The van der Waals surface area contributed by atoms with E-state index in [9.17, 15) is 27.6 Å². The summed E-state index contributed by atoms with van der Waals surface area (Å²) >= 11 is 0. The van der Waals surface area contributed by atoms with E-state index in [1.807, 2.05) is 0 Å². The molecule has 0 bridgehead atoms. The number of pyridine rings is 1. The van der Waals surface area contributed by atoms with Crippen LogP contribution < -0.4 is 0 Å². The summed E-state index contributed by atoms with van der Waals surface area (Å²) < 4.78 is 41.2. The van der Waals surface area contributed by atoms with E-state index in [-0.39, 0.29) is 12.2 Å². The molecule has 0 amide bonds. The Morgan fingerprint density at radius 1 is 1.30 bits per heavy atom. The highest BCUT2D eigenvalue weighted by Gasteiger charge is 2.42. The average Bonchev–Trinajstić information content (AvgIpc) is 2.84. The SMILES string of the molecule is CCC(=O)c1cn(CC(=O)OC(=O)C(F)(F)F)c2cnccc12. The Balaban J connectivity index is 2.29. The summed E-state index contributed by atoms with van der Waals surface area (Å²) in [6.07, 6.45) is -0.888. The van der Waals surface area contributed by atoms with Crippen LogP contribution in [0.3, 0.4) is 0 Å². The molecular formula is C14H11F3N2O4. The molecular weight excluding hydrogens is 317 g/mol. The van der Waals surface area contributed by atoms with Gasteiger partial charge in [0.25, 0.3) is 0 Å². The molecule has 2 heterocycles. The van der Waals surface area contributed by atoms with Gasteiger partial charge in [-0.05, 0) is 6.07 Å². The number of aromatic nitrogens is 2. The molecule has 0 aromatic carbocycles. The zero-order valence-electron chi connectivity index (χ0n) is 11.9. The van der Waals surface area contributed by atoms with Gasteiger partial charge in [0.2, 0.25) is 0 Å². The Kier molecular flexibility index (Phi) is 4.48. The largest absolute Gasteiger partial charge is 0.491 e. The first-order valence-corrected chi connectivity index (χ1v) is 6.52. The monoisotopic (exact) mass is 328 g/mol. The van der Waals surface area contributed by atoms with Crippen LogP contribution in [0.1, 0.15) is 23.7 Å². The molecule has 9 heteroatoms. The number of Topliss-reactive ketones (excluding diaryl/α,β-unsaturated/α-hetero) is 1. The Hall–Kier alpha value is -2.71. The Morgan fingerprint density at radius 2 is 2.00 bits per heavy atom.